The zero-order valence-electron chi connectivity index (χ0n) is 12.1. The fourth-order valence-electron chi connectivity index (χ4n) is 2.66. The molecule has 2 heterocycles. The van der Waals surface area contributed by atoms with E-state index in [2.05, 4.69) is 22.1 Å². The average Bonchev–Trinajstić information content (AvgIpc) is 3.38. The second-order valence-electron chi connectivity index (χ2n) is 5.49. The van der Waals surface area contributed by atoms with E-state index in [0.29, 0.717) is 17.0 Å². The fourth-order valence-corrected chi connectivity index (χ4v) is 2.83. The van der Waals surface area contributed by atoms with Crippen molar-refractivity contribution in [1.82, 2.24) is 15.0 Å². The van der Waals surface area contributed by atoms with Crippen LogP contribution in [0.5, 0.6) is 6.01 Å². The molecule has 3 aromatic rings. The maximum Gasteiger partial charge on any atom is 0.316 e. The van der Waals surface area contributed by atoms with E-state index in [9.17, 15) is 0 Å². The summed E-state index contributed by atoms with van der Waals surface area (Å²) in [6.07, 6.45) is 5.95. The van der Waals surface area contributed by atoms with Crippen molar-refractivity contribution in [3.8, 4) is 17.3 Å². The molecule has 0 spiro atoms. The number of nitrogens with zero attached hydrogens (tertiary/aromatic N) is 3. The van der Waals surface area contributed by atoms with Crippen molar-refractivity contribution >= 4 is 22.5 Å². The molecule has 22 heavy (non-hydrogen) atoms. The van der Waals surface area contributed by atoms with Crippen LogP contribution in [-0.4, -0.2) is 22.1 Å². The minimum Gasteiger partial charge on any atom is -0.467 e. The standard InChI is InChI=1S/C17H14ClN3O/c1-22-17-19-8-11(9-20-17)15-7-14(10-2-3-10)13-5-4-12(18)6-16(13)21-15/h4-10H,2-3H2,1H3. The second-order valence-corrected chi connectivity index (χ2v) is 5.93. The molecule has 1 aliphatic carbocycles. The molecule has 4 nitrogen and oxygen atoms in total. The van der Waals surface area contributed by atoms with E-state index in [-0.39, 0.29) is 0 Å². The Labute approximate surface area is 133 Å². The van der Waals surface area contributed by atoms with Crippen molar-refractivity contribution in [3.05, 3.63) is 47.2 Å². The molecule has 1 aliphatic rings. The van der Waals surface area contributed by atoms with Crippen molar-refractivity contribution in [2.24, 2.45) is 0 Å². The summed E-state index contributed by atoms with van der Waals surface area (Å²) in [4.78, 5) is 13.1. The van der Waals surface area contributed by atoms with Crippen molar-refractivity contribution in [1.29, 1.82) is 0 Å². The van der Waals surface area contributed by atoms with Gasteiger partial charge in [0.1, 0.15) is 0 Å². The molecule has 0 amide bonds. The minimum absolute atomic E-state index is 0.356. The van der Waals surface area contributed by atoms with Crippen LogP contribution in [0, 0.1) is 0 Å². The van der Waals surface area contributed by atoms with Gasteiger partial charge in [-0.2, -0.15) is 0 Å². The Kier molecular flexibility index (Phi) is 3.19. The Morgan fingerprint density at radius 1 is 1.14 bits per heavy atom. The first-order valence-electron chi connectivity index (χ1n) is 7.21. The van der Waals surface area contributed by atoms with E-state index >= 15 is 0 Å². The number of benzene rings is 1. The van der Waals surface area contributed by atoms with Gasteiger partial charge in [-0.05, 0) is 42.5 Å². The molecule has 110 valence electrons. The number of halogens is 1. The third-order valence-electron chi connectivity index (χ3n) is 3.93. The van der Waals surface area contributed by atoms with E-state index in [0.717, 1.165) is 16.8 Å². The maximum absolute atomic E-state index is 6.12. The predicted molar refractivity (Wildman–Crippen MR) is 86.3 cm³/mol. The molecular weight excluding hydrogens is 298 g/mol. The van der Waals surface area contributed by atoms with Crippen LogP contribution < -0.4 is 4.74 Å². The highest BCUT2D eigenvalue weighted by Crippen LogP contribution is 2.44. The largest absolute Gasteiger partial charge is 0.467 e. The zero-order valence-corrected chi connectivity index (χ0v) is 12.8. The molecule has 4 rings (SSSR count). The third kappa shape index (κ3) is 2.40. The van der Waals surface area contributed by atoms with Crippen LogP contribution in [0.15, 0.2) is 36.7 Å². The normalized spacial score (nSPS) is 14.3. The fraction of sp³-hybridized carbons (Fsp3) is 0.235. The summed E-state index contributed by atoms with van der Waals surface area (Å²) in [6.45, 7) is 0. The summed E-state index contributed by atoms with van der Waals surface area (Å²) in [5, 5.41) is 1.88. The van der Waals surface area contributed by atoms with Crippen molar-refractivity contribution in [3.63, 3.8) is 0 Å². The monoisotopic (exact) mass is 311 g/mol. The first kappa shape index (κ1) is 13.5. The number of ether oxygens (including phenoxy) is 1. The molecular formula is C17H14ClN3O. The number of hydrogen-bond acceptors (Lipinski definition) is 4. The molecule has 1 aromatic carbocycles. The lowest BCUT2D eigenvalue weighted by Crippen LogP contribution is -1.95. The number of aromatic nitrogens is 3. The van der Waals surface area contributed by atoms with Gasteiger partial charge >= 0.3 is 6.01 Å². The average molecular weight is 312 g/mol. The van der Waals surface area contributed by atoms with Gasteiger partial charge in [0.05, 0.1) is 18.3 Å². The zero-order chi connectivity index (χ0) is 15.1. The van der Waals surface area contributed by atoms with Crippen LogP contribution in [0.25, 0.3) is 22.2 Å². The lowest BCUT2D eigenvalue weighted by atomic mass is 10.0. The summed E-state index contributed by atoms with van der Waals surface area (Å²) < 4.78 is 5.00. The molecule has 1 saturated carbocycles. The van der Waals surface area contributed by atoms with Gasteiger partial charge < -0.3 is 4.74 Å². The summed E-state index contributed by atoms with van der Waals surface area (Å²) in [5.41, 5.74) is 4.01. The van der Waals surface area contributed by atoms with Gasteiger partial charge in [-0.15, -0.1) is 0 Å². The lowest BCUT2D eigenvalue weighted by molar-refractivity contribution is 0.380. The lowest BCUT2D eigenvalue weighted by Gasteiger charge is -2.09. The van der Waals surface area contributed by atoms with Gasteiger partial charge in [-0.1, -0.05) is 17.7 Å². The first-order valence-corrected chi connectivity index (χ1v) is 7.59. The van der Waals surface area contributed by atoms with Crippen LogP contribution in [0.1, 0.15) is 24.3 Å². The molecule has 0 aliphatic heterocycles. The predicted octanol–water partition coefficient (Wildman–Crippen LogP) is 4.23. The van der Waals surface area contributed by atoms with Gasteiger partial charge in [0.25, 0.3) is 0 Å². The van der Waals surface area contributed by atoms with E-state index < -0.39 is 0 Å². The van der Waals surface area contributed by atoms with Crippen LogP contribution in [0.3, 0.4) is 0 Å². The summed E-state index contributed by atoms with van der Waals surface area (Å²) >= 11 is 6.12. The summed E-state index contributed by atoms with van der Waals surface area (Å²) in [6, 6.07) is 8.41. The highest BCUT2D eigenvalue weighted by Gasteiger charge is 2.26. The topological polar surface area (TPSA) is 47.9 Å². The van der Waals surface area contributed by atoms with Gasteiger partial charge in [0.15, 0.2) is 0 Å². The van der Waals surface area contributed by atoms with Crippen molar-refractivity contribution < 1.29 is 4.74 Å². The molecule has 5 heteroatoms. The Hall–Kier alpha value is -2.20. The quantitative estimate of drug-likeness (QED) is 0.726. The van der Waals surface area contributed by atoms with E-state index in [1.807, 2.05) is 12.1 Å². The Morgan fingerprint density at radius 3 is 2.59 bits per heavy atom. The molecule has 2 aromatic heterocycles. The highest BCUT2D eigenvalue weighted by molar-refractivity contribution is 6.31. The van der Waals surface area contributed by atoms with E-state index in [1.165, 1.54) is 23.8 Å². The smallest absolute Gasteiger partial charge is 0.316 e. The molecule has 1 fully saturated rings. The Bertz CT molecular complexity index is 844. The first-order chi connectivity index (χ1) is 10.7. The van der Waals surface area contributed by atoms with Crippen LogP contribution >= 0.6 is 11.6 Å². The number of hydrogen-bond donors (Lipinski definition) is 0. The number of fused-ring (bicyclic) bond motifs is 1. The van der Waals surface area contributed by atoms with Gasteiger partial charge in [0, 0.05) is 28.4 Å². The van der Waals surface area contributed by atoms with Crippen LogP contribution in [-0.2, 0) is 0 Å². The molecule has 0 bridgehead atoms. The summed E-state index contributed by atoms with van der Waals surface area (Å²) in [7, 11) is 1.55. The highest BCUT2D eigenvalue weighted by atomic mass is 35.5. The molecule has 0 saturated heterocycles. The Morgan fingerprint density at radius 2 is 1.91 bits per heavy atom. The SMILES string of the molecule is COc1ncc(-c2cc(C3CC3)c3ccc(Cl)cc3n2)cn1. The minimum atomic E-state index is 0.356. The van der Waals surface area contributed by atoms with Gasteiger partial charge in [-0.3, -0.25) is 0 Å². The van der Waals surface area contributed by atoms with Crippen LogP contribution in [0.2, 0.25) is 5.02 Å². The Balaban J connectivity index is 1.89. The van der Waals surface area contributed by atoms with E-state index in [1.54, 1.807) is 19.5 Å². The van der Waals surface area contributed by atoms with Crippen molar-refractivity contribution in [2.45, 2.75) is 18.8 Å². The van der Waals surface area contributed by atoms with Gasteiger partial charge in [-0.25, -0.2) is 15.0 Å². The third-order valence-corrected chi connectivity index (χ3v) is 4.16. The maximum atomic E-state index is 6.12. The number of rotatable bonds is 3. The van der Waals surface area contributed by atoms with Crippen LogP contribution in [0.4, 0.5) is 0 Å². The van der Waals surface area contributed by atoms with E-state index in [4.69, 9.17) is 21.3 Å². The van der Waals surface area contributed by atoms with Crippen molar-refractivity contribution in [2.75, 3.05) is 7.11 Å². The summed E-state index contributed by atoms with van der Waals surface area (Å²) in [5.74, 6) is 0.629. The molecule has 0 radical (unpaired) electrons. The molecule has 0 atom stereocenters. The number of methoxy groups -OCH3 is 1. The molecule has 0 N–H and O–H groups in total. The molecule has 0 unspecified atom stereocenters. The van der Waals surface area contributed by atoms with Gasteiger partial charge in [0.2, 0.25) is 0 Å². The second kappa shape index (κ2) is 5.21. The number of pyridine rings is 1.